The maximum absolute atomic E-state index is 5.31. The van der Waals surface area contributed by atoms with Crippen LogP contribution in [0.3, 0.4) is 0 Å². The molecule has 0 atom stereocenters. The fourth-order valence-corrected chi connectivity index (χ4v) is 1.15. The minimum Gasteiger partial charge on any atom is -0.396 e. The van der Waals surface area contributed by atoms with E-state index in [0.717, 1.165) is 18.6 Å². The molecule has 0 saturated heterocycles. The monoisotopic (exact) mass is 213 g/mol. The summed E-state index contributed by atoms with van der Waals surface area (Å²) in [5.74, 6) is 0. The van der Waals surface area contributed by atoms with Gasteiger partial charge in [-0.3, -0.25) is 0 Å². The Labute approximate surface area is 95.1 Å². The van der Waals surface area contributed by atoms with Crippen LogP contribution in [0.1, 0.15) is 61.3 Å². The Hall–Kier alpha value is -0.530. The minimum atomic E-state index is 0.0982. The van der Waals surface area contributed by atoms with Gasteiger partial charge in [-0.15, -0.1) is 0 Å². The average molecular weight is 213 g/mol. The third-order valence-corrected chi connectivity index (χ3v) is 2.03. The second-order valence-corrected chi connectivity index (χ2v) is 6.36. The van der Waals surface area contributed by atoms with Crippen molar-refractivity contribution in [3.63, 3.8) is 0 Å². The van der Waals surface area contributed by atoms with E-state index in [0.29, 0.717) is 6.61 Å². The lowest BCUT2D eigenvalue weighted by Crippen LogP contribution is -2.26. The van der Waals surface area contributed by atoms with E-state index in [4.69, 9.17) is 4.84 Å². The van der Waals surface area contributed by atoms with Crippen molar-refractivity contribution in [2.45, 2.75) is 61.3 Å². The Balaban J connectivity index is 4.53. The topological polar surface area (TPSA) is 21.6 Å². The molecule has 0 fully saturated rings. The van der Waals surface area contributed by atoms with Gasteiger partial charge in [0.1, 0.15) is 6.61 Å². The number of oxime groups is 1. The minimum absolute atomic E-state index is 0.0982. The molecule has 0 aromatic heterocycles. The average Bonchev–Trinajstić information content (AvgIpc) is 1.99. The summed E-state index contributed by atoms with van der Waals surface area (Å²) in [7, 11) is 0. The van der Waals surface area contributed by atoms with Crippen molar-refractivity contribution >= 4 is 5.71 Å². The lowest BCUT2D eigenvalue weighted by atomic mass is 9.79. The first kappa shape index (κ1) is 14.5. The fourth-order valence-electron chi connectivity index (χ4n) is 1.15. The zero-order valence-corrected chi connectivity index (χ0v) is 11.5. The van der Waals surface area contributed by atoms with Crippen LogP contribution in [0.25, 0.3) is 0 Å². The van der Waals surface area contributed by atoms with Gasteiger partial charge in [-0.1, -0.05) is 53.6 Å². The summed E-state index contributed by atoms with van der Waals surface area (Å²) in [6.07, 6.45) is 2.00. The molecule has 15 heavy (non-hydrogen) atoms. The molecule has 90 valence electrons. The van der Waals surface area contributed by atoms with E-state index in [-0.39, 0.29) is 10.8 Å². The standard InChI is InChI=1S/C13H27NO/c1-8-9-15-14-11(13(5,6)7)10-12(2,3)4/h8-10H2,1-7H3/b14-11-. The van der Waals surface area contributed by atoms with E-state index in [1.165, 1.54) is 0 Å². The first-order valence-electron chi connectivity index (χ1n) is 5.86. The van der Waals surface area contributed by atoms with Crippen LogP contribution in [-0.4, -0.2) is 12.3 Å². The highest BCUT2D eigenvalue weighted by Crippen LogP contribution is 2.28. The first-order chi connectivity index (χ1) is 6.67. The Morgan fingerprint density at radius 2 is 1.60 bits per heavy atom. The molecule has 0 spiro atoms. The van der Waals surface area contributed by atoms with Gasteiger partial charge in [-0.25, -0.2) is 0 Å². The molecule has 2 nitrogen and oxygen atoms in total. The molecule has 0 radical (unpaired) electrons. The Bertz CT molecular complexity index is 206. The summed E-state index contributed by atoms with van der Waals surface area (Å²) in [5.41, 5.74) is 1.52. The van der Waals surface area contributed by atoms with Crippen molar-refractivity contribution in [1.82, 2.24) is 0 Å². The molecule has 0 heterocycles. The van der Waals surface area contributed by atoms with Gasteiger partial charge in [-0.2, -0.15) is 0 Å². The molecule has 2 heteroatoms. The van der Waals surface area contributed by atoms with Crippen LogP contribution in [0.2, 0.25) is 0 Å². The smallest absolute Gasteiger partial charge is 0.116 e. The summed E-state index contributed by atoms with van der Waals surface area (Å²) >= 11 is 0. The van der Waals surface area contributed by atoms with Crippen LogP contribution in [0.15, 0.2) is 5.16 Å². The maximum atomic E-state index is 5.31. The highest BCUT2D eigenvalue weighted by molar-refractivity contribution is 5.89. The number of rotatable bonds is 4. The van der Waals surface area contributed by atoms with Gasteiger partial charge < -0.3 is 4.84 Å². The van der Waals surface area contributed by atoms with Crippen LogP contribution in [0, 0.1) is 10.8 Å². The molecule has 0 aliphatic rings. The highest BCUT2D eigenvalue weighted by Gasteiger charge is 2.25. The number of hydrogen-bond acceptors (Lipinski definition) is 2. The molecular formula is C13H27NO. The van der Waals surface area contributed by atoms with Gasteiger partial charge in [0.05, 0.1) is 5.71 Å². The first-order valence-corrected chi connectivity index (χ1v) is 5.86. The third kappa shape index (κ3) is 7.40. The molecule has 0 aromatic rings. The molecule has 0 rings (SSSR count). The molecule has 0 saturated carbocycles. The molecule has 0 N–H and O–H groups in total. The van der Waals surface area contributed by atoms with Crippen LogP contribution in [0.4, 0.5) is 0 Å². The lowest BCUT2D eigenvalue weighted by molar-refractivity contribution is 0.140. The zero-order valence-electron chi connectivity index (χ0n) is 11.5. The Kier molecular flexibility index (Phi) is 5.33. The van der Waals surface area contributed by atoms with Crippen LogP contribution in [-0.2, 0) is 4.84 Å². The zero-order chi connectivity index (χ0) is 12.1. The van der Waals surface area contributed by atoms with Gasteiger partial charge >= 0.3 is 0 Å². The van der Waals surface area contributed by atoms with E-state index >= 15 is 0 Å². The van der Waals surface area contributed by atoms with Crippen LogP contribution >= 0.6 is 0 Å². The quantitative estimate of drug-likeness (QED) is 0.388. The summed E-state index contributed by atoms with van der Waals surface area (Å²) in [6.45, 7) is 16.1. The molecule has 0 aromatic carbocycles. The number of hydrogen-bond donors (Lipinski definition) is 0. The Morgan fingerprint density at radius 3 is 1.93 bits per heavy atom. The fraction of sp³-hybridized carbons (Fsp3) is 0.923. The Morgan fingerprint density at radius 1 is 1.07 bits per heavy atom. The largest absolute Gasteiger partial charge is 0.396 e. The van der Waals surface area contributed by atoms with Gasteiger partial charge in [0.15, 0.2) is 0 Å². The van der Waals surface area contributed by atoms with Crippen LogP contribution in [0.5, 0.6) is 0 Å². The van der Waals surface area contributed by atoms with Gasteiger partial charge in [-0.05, 0) is 18.3 Å². The molecular weight excluding hydrogens is 186 g/mol. The highest BCUT2D eigenvalue weighted by atomic mass is 16.6. The van der Waals surface area contributed by atoms with E-state index in [9.17, 15) is 0 Å². The lowest BCUT2D eigenvalue weighted by Gasteiger charge is -2.27. The predicted octanol–water partition coefficient (Wildman–Crippen LogP) is 4.25. The SMILES string of the molecule is CCCO/N=C(/CC(C)(C)C)C(C)(C)C. The van der Waals surface area contributed by atoms with E-state index in [2.05, 4.69) is 53.6 Å². The predicted molar refractivity (Wildman–Crippen MR) is 67.2 cm³/mol. The van der Waals surface area contributed by atoms with Gasteiger partial charge in [0, 0.05) is 5.41 Å². The van der Waals surface area contributed by atoms with E-state index in [1.54, 1.807) is 0 Å². The second kappa shape index (κ2) is 5.53. The summed E-state index contributed by atoms with van der Waals surface area (Å²) in [6, 6.07) is 0. The molecule has 0 amide bonds. The molecule has 0 aliphatic carbocycles. The molecule has 0 unspecified atom stereocenters. The normalized spacial score (nSPS) is 14.2. The second-order valence-electron chi connectivity index (χ2n) is 6.36. The van der Waals surface area contributed by atoms with Crippen molar-refractivity contribution in [2.24, 2.45) is 16.0 Å². The third-order valence-electron chi connectivity index (χ3n) is 2.03. The van der Waals surface area contributed by atoms with E-state index < -0.39 is 0 Å². The van der Waals surface area contributed by atoms with Gasteiger partial charge in [0.25, 0.3) is 0 Å². The summed E-state index contributed by atoms with van der Waals surface area (Å²) in [5, 5.41) is 4.29. The van der Waals surface area contributed by atoms with Gasteiger partial charge in [0.2, 0.25) is 0 Å². The maximum Gasteiger partial charge on any atom is 0.116 e. The van der Waals surface area contributed by atoms with Crippen molar-refractivity contribution in [3.05, 3.63) is 0 Å². The van der Waals surface area contributed by atoms with Crippen molar-refractivity contribution in [2.75, 3.05) is 6.61 Å². The van der Waals surface area contributed by atoms with Crippen LogP contribution < -0.4 is 0 Å². The van der Waals surface area contributed by atoms with Crippen molar-refractivity contribution < 1.29 is 4.84 Å². The van der Waals surface area contributed by atoms with E-state index in [1.807, 2.05) is 0 Å². The van der Waals surface area contributed by atoms with Crippen molar-refractivity contribution in [3.8, 4) is 0 Å². The molecule has 0 aliphatic heterocycles. The van der Waals surface area contributed by atoms with Crippen molar-refractivity contribution in [1.29, 1.82) is 0 Å². The molecule has 0 bridgehead atoms. The number of nitrogens with zero attached hydrogens (tertiary/aromatic N) is 1. The summed E-state index contributed by atoms with van der Waals surface area (Å²) in [4.78, 5) is 5.31. The summed E-state index contributed by atoms with van der Waals surface area (Å²) < 4.78 is 0.